The lowest BCUT2D eigenvalue weighted by Crippen LogP contribution is -2.34. The fourth-order valence-corrected chi connectivity index (χ4v) is 2.63. The number of hydrogen-bond acceptors (Lipinski definition) is 5. The number of nitrogens with zero attached hydrogens (tertiary/aromatic N) is 1. The minimum atomic E-state index is -0.121. The number of hydrogen-bond donors (Lipinski definition) is 4. The summed E-state index contributed by atoms with van der Waals surface area (Å²) in [6, 6.07) is 5.66. The number of carbonyl (C=O) groups is 1. The maximum Gasteiger partial charge on any atom is 0.252 e. The molecule has 0 saturated heterocycles. The van der Waals surface area contributed by atoms with E-state index in [0.29, 0.717) is 18.7 Å². The molecule has 0 bridgehead atoms. The van der Waals surface area contributed by atoms with Crippen LogP contribution in [0.3, 0.4) is 0 Å². The summed E-state index contributed by atoms with van der Waals surface area (Å²) >= 11 is 0. The molecule has 0 spiro atoms. The first-order chi connectivity index (χ1) is 12.6. The van der Waals surface area contributed by atoms with Crippen LogP contribution in [0.4, 0.5) is 0 Å². The summed E-state index contributed by atoms with van der Waals surface area (Å²) in [5.74, 6) is -0.121. The van der Waals surface area contributed by atoms with Crippen LogP contribution in [0, 0.1) is 6.92 Å². The Balaban J connectivity index is 1.92. The second-order valence-corrected chi connectivity index (χ2v) is 5.99. The molecule has 1 unspecified atom stereocenters. The van der Waals surface area contributed by atoms with E-state index in [9.17, 15) is 4.79 Å². The van der Waals surface area contributed by atoms with E-state index in [1.165, 1.54) is 0 Å². The van der Waals surface area contributed by atoms with Crippen molar-refractivity contribution in [1.82, 2.24) is 16.0 Å². The Morgan fingerprint density at radius 2 is 2.23 bits per heavy atom. The van der Waals surface area contributed by atoms with Gasteiger partial charge in [-0.15, -0.1) is 0 Å². The van der Waals surface area contributed by atoms with E-state index in [2.05, 4.69) is 20.9 Å². The third kappa shape index (κ3) is 5.07. The van der Waals surface area contributed by atoms with Gasteiger partial charge in [-0.1, -0.05) is 24.3 Å². The van der Waals surface area contributed by atoms with Gasteiger partial charge in [-0.05, 0) is 37.1 Å². The highest BCUT2D eigenvalue weighted by Crippen LogP contribution is 2.12. The maximum atomic E-state index is 12.5. The number of nitrogens with two attached hydrogens (primary N) is 1. The van der Waals surface area contributed by atoms with Gasteiger partial charge in [-0.2, -0.15) is 0 Å². The molecule has 138 valence electrons. The molecule has 1 aromatic rings. The Morgan fingerprint density at radius 3 is 2.92 bits per heavy atom. The molecule has 0 saturated carbocycles. The largest absolute Gasteiger partial charge is 0.367 e. The molecule has 26 heavy (non-hydrogen) atoms. The quantitative estimate of drug-likeness (QED) is 0.443. The summed E-state index contributed by atoms with van der Waals surface area (Å²) in [5, 5.41) is 9.47. The molecule has 1 heterocycles. The van der Waals surface area contributed by atoms with Crippen LogP contribution < -0.4 is 21.7 Å². The Morgan fingerprint density at radius 1 is 1.42 bits per heavy atom. The Hall–Kier alpha value is -2.86. The molecule has 1 amide bonds. The van der Waals surface area contributed by atoms with Crippen molar-refractivity contribution in [2.24, 2.45) is 10.7 Å². The van der Waals surface area contributed by atoms with Gasteiger partial charge in [0.15, 0.2) is 0 Å². The van der Waals surface area contributed by atoms with Crippen LogP contribution in [-0.4, -0.2) is 38.4 Å². The third-order valence-electron chi connectivity index (χ3n) is 4.15. The number of allylic oxidation sites excluding steroid dienone is 1. The number of benzene rings is 1. The van der Waals surface area contributed by atoms with Crippen LogP contribution in [-0.2, 0) is 0 Å². The van der Waals surface area contributed by atoms with Crippen molar-refractivity contribution in [3.8, 4) is 0 Å². The molecule has 6 nitrogen and oxygen atoms in total. The smallest absolute Gasteiger partial charge is 0.252 e. The molecule has 0 radical (unpaired) electrons. The summed E-state index contributed by atoms with van der Waals surface area (Å²) < 4.78 is 0. The van der Waals surface area contributed by atoms with Gasteiger partial charge in [-0.3, -0.25) is 9.79 Å². The minimum absolute atomic E-state index is 0.00911. The summed E-state index contributed by atoms with van der Waals surface area (Å²) in [5.41, 5.74) is 10.1. The van der Waals surface area contributed by atoms with Crippen molar-refractivity contribution in [2.45, 2.75) is 20.0 Å². The van der Waals surface area contributed by atoms with E-state index in [1.807, 2.05) is 56.5 Å². The topological polar surface area (TPSA) is 91.5 Å². The van der Waals surface area contributed by atoms with Crippen molar-refractivity contribution in [3.05, 3.63) is 70.6 Å². The Labute approximate surface area is 155 Å². The standard InChI is InChI=1S/C20H27N5O/c1-4-15(10-21)8-9-19-23-11-16(25-19)12-24-20(26)17-7-5-6-14(2)18(17)13-22-3/h4-9,11,13,19,23,25H,10,12,21H2,1-3H3,(H,24,26)/b9-8-,15-4+,22-13-. The predicted molar refractivity (Wildman–Crippen MR) is 107 cm³/mol. The van der Waals surface area contributed by atoms with Gasteiger partial charge in [0.1, 0.15) is 6.17 Å². The SMILES string of the molecule is C/C=C(\C=C/C1NC=C(CNC(=O)c2cccc(C)c2/C=N\C)N1)CN. The number of aryl methyl sites for hydroxylation is 1. The van der Waals surface area contributed by atoms with Gasteiger partial charge in [0, 0.05) is 42.8 Å². The van der Waals surface area contributed by atoms with E-state index < -0.39 is 0 Å². The monoisotopic (exact) mass is 353 g/mol. The molecule has 5 N–H and O–H groups in total. The molecular formula is C20H27N5O. The first kappa shape index (κ1) is 19.5. The molecule has 6 heteroatoms. The van der Waals surface area contributed by atoms with Crippen LogP contribution >= 0.6 is 0 Å². The third-order valence-corrected chi connectivity index (χ3v) is 4.15. The van der Waals surface area contributed by atoms with Gasteiger partial charge >= 0.3 is 0 Å². The molecular weight excluding hydrogens is 326 g/mol. The summed E-state index contributed by atoms with van der Waals surface area (Å²) in [6.45, 7) is 4.86. The van der Waals surface area contributed by atoms with E-state index >= 15 is 0 Å². The van der Waals surface area contributed by atoms with E-state index in [-0.39, 0.29) is 12.1 Å². The number of carbonyl (C=O) groups excluding carboxylic acids is 1. The van der Waals surface area contributed by atoms with Crippen LogP contribution in [0.25, 0.3) is 0 Å². The van der Waals surface area contributed by atoms with E-state index in [4.69, 9.17) is 5.73 Å². The van der Waals surface area contributed by atoms with Crippen LogP contribution in [0.15, 0.2) is 58.9 Å². The van der Waals surface area contributed by atoms with Crippen molar-refractivity contribution >= 4 is 12.1 Å². The lowest BCUT2D eigenvalue weighted by Gasteiger charge is -2.12. The van der Waals surface area contributed by atoms with Gasteiger partial charge in [0.2, 0.25) is 0 Å². The number of rotatable bonds is 7. The van der Waals surface area contributed by atoms with E-state index in [1.54, 1.807) is 13.3 Å². The second kappa shape index (κ2) is 9.58. The molecule has 1 aliphatic rings. The van der Waals surface area contributed by atoms with Gasteiger partial charge in [0.25, 0.3) is 5.91 Å². The normalized spacial score (nSPS) is 17.3. The van der Waals surface area contributed by atoms with Crippen LogP contribution in [0.5, 0.6) is 0 Å². The summed E-state index contributed by atoms with van der Waals surface area (Å²) in [6.07, 6.45) is 9.56. The number of nitrogens with one attached hydrogen (secondary N) is 3. The predicted octanol–water partition coefficient (Wildman–Crippen LogP) is 1.60. The molecule has 0 fully saturated rings. The highest BCUT2D eigenvalue weighted by Gasteiger charge is 2.15. The lowest BCUT2D eigenvalue weighted by atomic mass is 10.0. The minimum Gasteiger partial charge on any atom is -0.367 e. The Kier molecular flexibility index (Phi) is 7.17. The highest BCUT2D eigenvalue weighted by atomic mass is 16.1. The fourth-order valence-electron chi connectivity index (χ4n) is 2.63. The van der Waals surface area contributed by atoms with Gasteiger partial charge < -0.3 is 21.7 Å². The van der Waals surface area contributed by atoms with Crippen molar-refractivity contribution in [2.75, 3.05) is 20.1 Å². The molecule has 1 aromatic carbocycles. The number of aliphatic imine (C=N–C) groups is 1. The zero-order chi connectivity index (χ0) is 18.9. The highest BCUT2D eigenvalue weighted by molar-refractivity contribution is 6.03. The zero-order valence-electron chi connectivity index (χ0n) is 15.5. The van der Waals surface area contributed by atoms with Gasteiger partial charge in [-0.25, -0.2) is 0 Å². The first-order valence-corrected chi connectivity index (χ1v) is 8.64. The average molecular weight is 353 g/mol. The molecule has 0 aromatic heterocycles. The van der Waals surface area contributed by atoms with Crippen molar-refractivity contribution < 1.29 is 4.79 Å². The fraction of sp³-hybridized carbons (Fsp3) is 0.300. The Bertz CT molecular complexity index is 761. The molecule has 2 rings (SSSR count). The van der Waals surface area contributed by atoms with Crippen LogP contribution in [0.1, 0.15) is 28.4 Å². The van der Waals surface area contributed by atoms with Gasteiger partial charge in [0.05, 0.1) is 6.54 Å². The molecule has 1 aliphatic heterocycles. The summed E-state index contributed by atoms with van der Waals surface area (Å²) in [4.78, 5) is 16.6. The average Bonchev–Trinajstić information content (AvgIpc) is 3.10. The lowest BCUT2D eigenvalue weighted by molar-refractivity contribution is 0.0956. The number of amides is 1. The summed E-state index contributed by atoms with van der Waals surface area (Å²) in [7, 11) is 1.70. The zero-order valence-corrected chi connectivity index (χ0v) is 15.5. The van der Waals surface area contributed by atoms with E-state index in [0.717, 1.165) is 22.4 Å². The first-order valence-electron chi connectivity index (χ1n) is 8.64. The second-order valence-electron chi connectivity index (χ2n) is 5.99. The van der Waals surface area contributed by atoms with Crippen LogP contribution in [0.2, 0.25) is 0 Å². The molecule has 1 atom stereocenters. The van der Waals surface area contributed by atoms with Crippen molar-refractivity contribution in [1.29, 1.82) is 0 Å². The molecule has 0 aliphatic carbocycles. The maximum absolute atomic E-state index is 12.5. The van der Waals surface area contributed by atoms with Crippen molar-refractivity contribution in [3.63, 3.8) is 0 Å².